The van der Waals surface area contributed by atoms with Gasteiger partial charge in [-0.1, -0.05) is 20.8 Å². The minimum Gasteiger partial charge on any atom is -0.376 e. The van der Waals surface area contributed by atoms with Crippen molar-refractivity contribution in [3.63, 3.8) is 0 Å². The number of nitrogens with zero attached hydrogens (tertiary/aromatic N) is 2. The van der Waals surface area contributed by atoms with E-state index in [0.717, 1.165) is 44.2 Å². The highest BCUT2D eigenvalue weighted by atomic mass is 16.5. The summed E-state index contributed by atoms with van der Waals surface area (Å²) in [5.41, 5.74) is 4.27. The van der Waals surface area contributed by atoms with Crippen LogP contribution in [0.15, 0.2) is 12.4 Å². The van der Waals surface area contributed by atoms with Gasteiger partial charge in [-0.25, -0.2) is 5.43 Å². The molecule has 1 saturated carbocycles. The van der Waals surface area contributed by atoms with Crippen LogP contribution in [0.5, 0.6) is 0 Å². The molecular weight excluding hydrogens is 264 g/mol. The first-order valence-electron chi connectivity index (χ1n) is 8.00. The van der Waals surface area contributed by atoms with Crippen LogP contribution >= 0.6 is 0 Å². The normalized spacial score (nSPS) is 22.1. The molecular formula is C16H30N4O. The van der Waals surface area contributed by atoms with Crippen LogP contribution in [0, 0.1) is 5.41 Å². The van der Waals surface area contributed by atoms with Crippen LogP contribution in [-0.4, -0.2) is 22.5 Å². The van der Waals surface area contributed by atoms with Crippen molar-refractivity contribution in [3.8, 4) is 0 Å². The van der Waals surface area contributed by atoms with Crippen LogP contribution < -0.4 is 11.3 Å². The zero-order valence-corrected chi connectivity index (χ0v) is 13.9. The summed E-state index contributed by atoms with van der Waals surface area (Å²) in [5.74, 6) is 5.88. The van der Waals surface area contributed by atoms with Crippen LogP contribution in [0.3, 0.4) is 0 Å². The Kier molecular flexibility index (Phi) is 5.07. The van der Waals surface area contributed by atoms with Crippen LogP contribution in [0.4, 0.5) is 0 Å². The van der Waals surface area contributed by atoms with Crippen LogP contribution in [-0.2, 0) is 11.3 Å². The summed E-state index contributed by atoms with van der Waals surface area (Å²) in [7, 11) is 1.80. The molecule has 0 radical (unpaired) electrons. The number of nitrogens with two attached hydrogens (primary N) is 1. The summed E-state index contributed by atoms with van der Waals surface area (Å²) < 4.78 is 7.95. The Morgan fingerprint density at radius 3 is 2.57 bits per heavy atom. The van der Waals surface area contributed by atoms with E-state index in [9.17, 15) is 0 Å². The third kappa shape index (κ3) is 3.47. The Hall–Kier alpha value is -0.910. The topological polar surface area (TPSA) is 65.1 Å². The van der Waals surface area contributed by atoms with Crippen molar-refractivity contribution in [2.24, 2.45) is 11.3 Å². The predicted octanol–water partition coefficient (Wildman–Crippen LogP) is 2.78. The monoisotopic (exact) mass is 294 g/mol. The summed E-state index contributed by atoms with van der Waals surface area (Å²) in [6.45, 7) is 7.75. The van der Waals surface area contributed by atoms with Gasteiger partial charge >= 0.3 is 0 Å². The van der Waals surface area contributed by atoms with Crippen molar-refractivity contribution in [1.82, 2.24) is 15.2 Å². The lowest BCUT2D eigenvalue weighted by molar-refractivity contribution is -0.0877. The number of methoxy groups -OCH3 is 1. The molecule has 0 bridgehead atoms. The Morgan fingerprint density at radius 2 is 2.05 bits per heavy atom. The van der Waals surface area contributed by atoms with Gasteiger partial charge in [-0.15, -0.1) is 0 Å². The van der Waals surface area contributed by atoms with Crippen molar-refractivity contribution in [2.75, 3.05) is 7.11 Å². The van der Waals surface area contributed by atoms with Gasteiger partial charge in [0.05, 0.1) is 17.8 Å². The summed E-state index contributed by atoms with van der Waals surface area (Å²) >= 11 is 0. The molecule has 0 amide bonds. The average Bonchev–Trinajstić information content (AvgIpc) is 2.90. The molecule has 2 rings (SSSR count). The number of nitrogens with one attached hydrogen (secondary N) is 1. The second-order valence-corrected chi connectivity index (χ2v) is 7.07. The van der Waals surface area contributed by atoms with Gasteiger partial charge in [0, 0.05) is 25.4 Å². The van der Waals surface area contributed by atoms with E-state index >= 15 is 0 Å². The van der Waals surface area contributed by atoms with E-state index < -0.39 is 0 Å². The lowest BCUT2D eigenvalue weighted by Crippen LogP contribution is -2.50. The zero-order chi connectivity index (χ0) is 15.5. The van der Waals surface area contributed by atoms with Gasteiger partial charge in [0.15, 0.2) is 0 Å². The number of rotatable bonds is 6. The van der Waals surface area contributed by atoms with E-state index in [0.29, 0.717) is 5.41 Å². The average molecular weight is 294 g/mol. The maximum atomic E-state index is 5.97. The van der Waals surface area contributed by atoms with E-state index in [-0.39, 0.29) is 11.6 Å². The molecule has 5 heteroatoms. The van der Waals surface area contributed by atoms with E-state index in [1.54, 1.807) is 7.11 Å². The number of hydrogen-bond donors (Lipinski definition) is 2. The van der Waals surface area contributed by atoms with E-state index in [1.807, 2.05) is 10.9 Å². The Morgan fingerprint density at radius 1 is 1.38 bits per heavy atom. The summed E-state index contributed by atoms with van der Waals surface area (Å²) in [6, 6.07) is -0.00999. The van der Waals surface area contributed by atoms with Gasteiger partial charge in [0.25, 0.3) is 0 Å². The summed E-state index contributed by atoms with van der Waals surface area (Å²) in [5, 5.41) is 4.43. The number of aromatic nitrogens is 2. The number of ether oxygens (including phenoxy) is 1. The molecule has 21 heavy (non-hydrogen) atoms. The molecule has 0 aliphatic heterocycles. The fraction of sp³-hybridized carbons (Fsp3) is 0.812. The van der Waals surface area contributed by atoms with E-state index in [2.05, 4.69) is 37.5 Å². The van der Waals surface area contributed by atoms with Gasteiger partial charge in [0.1, 0.15) is 0 Å². The minimum atomic E-state index is -0.232. The molecule has 1 aromatic rings. The first kappa shape index (κ1) is 16.5. The van der Waals surface area contributed by atoms with Crippen LogP contribution in [0.25, 0.3) is 0 Å². The van der Waals surface area contributed by atoms with Gasteiger partial charge in [-0.05, 0) is 37.5 Å². The standard InChI is InChI=1S/C16H30N4O/c1-5-10-20-12-13(11-18-20)14(19-17)16(21-4)8-6-15(2,3)7-9-16/h11-12,14,19H,5-10,17H2,1-4H3. The van der Waals surface area contributed by atoms with Crippen molar-refractivity contribution in [1.29, 1.82) is 0 Å². The van der Waals surface area contributed by atoms with Crippen molar-refractivity contribution >= 4 is 0 Å². The zero-order valence-electron chi connectivity index (χ0n) is 13.9. The Bertz CT molecular complexity index is 445. The summed E-state index contributed by atoms with van der Waals surface area (Å²) in [6.07, 6.45) is 9.43. The Balaban J connectivity index is 2.21. The highest BCUT2D eigenvalue weighted by Gasteiger charge is 2.45. The maximum absolute atomic E-state index is 5.97. The van der Waals surface area contributed by atoms with Crippen molar-refractivity contribution < 1.29 is 4.74 Å². The largest absolute Gasteiger partial charge is 0.376 e. The van der Waals surface area contributed by atoms with Gasteiger partial charge < -0.3 is 4.74 Å². The molecule has 1 atom stereocenters. The lowest BCUT2D eigenvalue weighted by Gasteiger charge is -2.46. The quantitative estimate of drug-likeness (QED) is 0.625. The first-order chi connectivity index (χ1) is 9.96. The first-order valence-corrected chi connectivity index (χ1v) is 8.00. The second kappa shape index (κ2) is 6.46. The smallest absolute Gasteiger partial charge is 0.0887 e. The highest BCUT2D eigenvalue weighted by molar-refractivity contribution is 5.17. The molecule has 120 valence electrons. The fourth-order valence-electron chi connectivity index (χ4n) is 3.39. The molecule has 1 aromatic heterocycles. The molecule has 1 fully saturated rings. The van der Waals surface area contributed by atoms with Crippen molar-refractivity contribution in [2.45, 2.75) is 71.1 Å². The third-order valence-electron chi connectivity index (χ3n) is 4.99. The maximum Gasteiger partial charge on any atom is 0.0887 e. The molecule has 1 unspecified atom stereocenters. The minimum absolute atomic E-state index is 0.00999. The van der Waals surface area contributed by atoms with E-state index in [4.69, 9.17) is 10.6 Å². The lowest BCUT2D eigenvalue weighted by atomic mass is 9.67. The van der Waals surface area contributed by atoms with Gasteiger partial charge in [-0.3, -0.25) is 10.5 Å². The summed E-state index contributed by atoms with van der Waals surface area (Å²) in [4.78, 5) is 0. The van der Waals surface area contributed by atoms with E-state index in [1.165, 1.54) is 0 Å². The van der Waals surface area contributed by atoms with Gasteiger partial charge in [0.2, 0.25) is 0 Å². The Labute approximate surface area is 128 Å². The highest BCUT2D eigenvalue weighted by Crippen LogP contribution is 2.47. The SMILES string of the molecule is CCCn1cc(C(NN)C2(OC)CCC(C)(C)CC2)cn1. The molecule has 1 heterocycles. The number of aryl methyl sites for hydroxylation is 1. The number of hydrazine groups is 1. The second-order valence-electron chi connectivity index (χ2n) is 7.07. The fourth-order valence-corrected chi connectivity index (χ4v) is 3.39. The molecule has 0 aromatic carbocycles. The molecule has 0 saturated heterocycles. The molecule has 0 spiro atoms. The third-order valence-corrected chi connectivity index (χ3v) is 4.99. The van der Waals surface area contributed by atoms with Crippen LogP contribution in [0.1, 0.15) is 64.5 Å². The molecule has 1 aliphatic carbocycles. The number of hydrogen-bond acceptors (Lipinski definition) is 4. The predicted molar refractivity (Wildman–Crippen MR) is 84.6 cm³/mol. The van der Waals surface area contributed by atoms with Crippen molar-refractivity contribution in [3.05, 3.63) is 18.0 Å². The van der Waals surface area contributed by atoms with Gasteiger partial charge in [-0.2, -0.15) is 5.10 Å². The van der Waals surface area contributed by atoms with Crippen LogP contribution in [0.2, 0.25) is 0 Å². The molecule has 3 N–H and O–H groups in total. The molecule has 1 aliphatic rings. The molecule has 5 nitrogen and oxygen atoms in total.